The molecule has 0 amide bonds. The van der Waals surface area contributed by atoms with Gasteiger partial charge in [0.2, 0.25) is 10.0 Å². The predicted octanol–water partition coefficient (Wildman–Crippen LogP) is 1.14. The van der Waals surface area contributed by atoms with Gasteiger partial charge in [-0.25, -0.2) is 13.1 Å². The molecular weight excluding hydrogens is 288 g/mol. The molecule has 21 heavy (non-hydrogen) atoms. The minimum atomic E-state index is -3.28. The van der Waals surface area contributed by atoms with Crippen LogP contribution in [-0.2, 0) is 20.5 Å². The third-order valence-corrected chi connectivity index (χ3v) is 4.96. The molecule has 0 aromatic heterocycles. The average molecular weight is 312 g/mol. The van der Waals surface area contributed by atoms with Gasteiger partial charge in [0.1, 0.15) is 0 Å². The summed E-state index contributed by atoms with van der Waals surface area (Å²) >= 11 is 0. The Balaban J connectivity index is 1.77. The first-order valence-corrected chi connectivity index (χ1v) is 8.93. The van der Waals surface area contributed by atoms with E-state index in [1.807, 2.05) is 31.2 Å². The fraction of sp³-hybridized carbons (Fsp3) is 0.600. The third-order valence-electron chi connectivity index (χ3n) is 3.61. The van der Waals surface area contributed by atoms with E-state index in [0.717, 1.165) is 30.8 Å². The van der Waals surface area contributed by atoms with Crippen molar-refractivity contribution in [2.24, 2.45) is 0 Å². The zero-order chi connectivity index (χ0) is 15.3. The second-order valence-corrected chi connectivity index (χ2v) is 7.49. The van der Waals surface area contributed by atoms with Crippen LogP contribution < -0.4 is 4.72 Å². The Kier molecular flexibility index (Phi) is 5.75. The number of nitrogens with zero attached hydrogens (tertiary/aromatic N) is 1. The lowest BCUT2D eigenvalue weighted by atomic mass is 10.2. The van der Waals surface area contributed by atoms with Crippen LogP contribution in [0.25, 0.3) is 0 Å². The van der Waals surface area contributed by atoms with Gasteiger partial charge in [-0.05, 0) is 26.0 Å². The topological polar surface area (TPSA) is 58.6 Å². The monoisotopic (exact) mass is 312 g/mol. The largest absolute Gasteiger partial charge is 0.376 e. The number of morpholine rings is 1. The normalized spacial score (nSPS) is 20.6. The summed E-state index contributed by atoms with van der Waals surface area (Å²) in [7, 11) is -1.23. The summed E-state index contributed by atoms with van der Waals surface area (Å²) in [5.74, 6) is 0.0265. The molecule has 1 heterocycles. The Morgan fingerprint density at radius 3 is 2.71 bits per heavy atom. The molecule has 0 aliphatic carbocycles. The molecule has 0 spiro atoms. The van der Waals surface area contributed by atoms with Crippen molar-refractivity contribution >= 4 is 10.0 Å². The number of hydrogen-bond acceptors (Lipinski definition) is 4. The van der Waals surface area contributed by atoms with Gasteiger partial charge in [-0.3, -0.25) is 0 Å². The Hall–Kier alpha value is -0.950. The van der Waals surface area contributed by atoms with Gasteiger partial charge in [0.25, 0.3) is 0 Å². The minimum absolute atomic E-state index is 0.0265. The van der Waals surface area contributed by atoms with Crippen molar-refractivity contribution in [3.05, 3.63) is 35.4 Å². The molecule has 5 nitrogen and oxygen atoms in total. The molecule has 1 aromatic carbocycles. The van der Waals surface area contributed by atoms with Crippen LogP contribution in [-0.4, -0.2) is 52.7 Å². The van der Waals surface area contributed by atoms with E-state index in [2.05, 4.69) is 16.7 Å². The summed E-state index contributed by atoms with van der Waals surface area (Å²) in [5, 5.41) is 0. The van der Waals surface area contributed by atoms with E-state index in [1.165, 1.54) is 0 Å². The van der Waals surface area contributed by atoms with Gasteiger partial charge in [-0.1, -0.05) is 29.8 Å². The molecule has 1 atom stereocenters. The van der Waals surface area contributed by atoms with Gasteiger partial charge in [0.15, 0.2) is 0 Å². The van der Waals surface area contributed by atoms with E-state index in [4.69, 9.17) is 4.74 Å². The van der Waals surface area contributed by atoms with Crippen LogP contribution >= 0.6 is 0 Å². The molecule has 118 valence electrons. The number of nitrogens with one attached hydrogen (secondary N) is 1. The number of sulfonamides is 1. The van der Waals surface area contributed by atoms with Gasteiger partial charge in [-0.2, -0.15) is 0 Å². The first-order chi connectivity index (χ1) is 9.94. The van der Waals surface area contributed by atoms with Crippen molar-refractivity contribution in [1.29, 1.82) is 0 Å². The molecule has 1 aliphatic heterocycles. The molecule has 0 bridgehead atoms. The maximum atomic E-state index is 12.0. The number of ether oxygens (including phenoxy) is 1. The lowest BCUT2D eigenvalue weighted by molar-refractivity contribution is -0.0222. The highest BCUT2D eigenvalue weighted by Crippen LogP contribution is 2.09. The number of aryl methyl sites for hydroxylation is 1. The van der Waals surface area contributed by atoms with E-state index in [1.54, 1.807) is 0 Å². The van der Waals surface area contributed by atoms with Crippen molar-refractivity contribution in [3.63, 3.8) is 0 Å². The van der Waals surface area contributed by atoms with Crippen LogP contribution in [0.2, 0.25) is 0 Å². The van der Waals surface area contributed by atoms with Crippen LogP contribution in [0.3, 0.4) is 0 Å². The molecule has 1 fully saturated rings. The average Bonchev–Trinajstić information content (AvgIpc) is 2.41. The van der Waals surface area contributed by atoms with Gasteiger partial charge >= 0.3 is 0 Å². The minimum Gasteiger partial charge on any atom is -0.376 e. The van der Waals surface area contributed by atoms with Crippen LogP contribution in [0.5, 0.6) is 0 Å². The van der Waals surface area contributed by atoms with Crippen molar-refractivity contribution in [2.45, 2.75) is 25.2 Å². The SMILES string of the molecule is Cc1ccc(CS(=O)(=O)NCCC2CN(C)CCO2)cc1. The highest BCUT2D eigenvalue weighted by atomic mass is 32.2. The molecule has 6 heteroatoms. The van der Waals surface area contributed by atoms with Crippen LogP contribution in [0.15, 0.2) is 24.3 Å². The quantitative estimate of drug-likeness (QED) is 0.856. The fourth-order valence-corrected chi connectivity index (χ4v) is 3.53. The lowest BCUT2D eigenvalue weighted by Gasteiger charge is -2.30. The predicted molar refractivity (Wildman–Crippen MR) is 83.7 cm³/mol. The lowest BCUT2D eigenvalue weighted by Crippen LogP contribution is -2.41. The highest BCUT2D eigenvalue weighted by molar-refractivity contribution is 7.88. The number of likely N-dealkylation sites (N-methyl/N-ethyl adjacent to an activating group) is 1. The van der Waals surface area contributed by atoms with Gasteiger partial charge in [-0.15, -0.1) is 0 Å². The number of benzene rings is 1. The Bertz CT molecular complexity index is 543. The van der Waals surface area contributed by atoms with E-state index in [-0.39, 0.29) is 11.9 Å². The van der Waals surface area contributed by atoms with Gasteiger partial charge in [0, 0.05) is 19.6 Å². The first-order valence-electron chi connectivity index (χ1n) is 7.28. The Morgan fingerprint density at radius 1 is 1.33 bits per heavy atom. The molecule has 1 unspecified atom stereocenters. The second-order valence-electron chi connectivity index (χ2n) is 5.68. The van der Waals surface area contributed by atoms with E-state index >= 15 is 0 Å². The Morgan fingerprint density at radius 2 is 2.05 bits per heavy atom. The first kappa shape index (κ1) is 16.4. The summed E-state index contributed by atoms with van der Waals surface area (Å²) in [6, 6.07) is 7.56. The second kappa shape index (κ2) is 7.35. The zero-order valence-corrected chi connectivity index (χ0v) is 13.5. The molecule has 1 aliphatic rings. The molecule has 0 saturated carbocycles. The summed E-state index contributed by atoms with van der Waals surface area (Å²) in [5.41, 5.74) is 1.93. The molecule has 0 radical (unpaired) electrons. The summed E-state index contributed by atoms with van der Waals surface area (Å²) in [4.78, 5) is 2.20. The maximum absolute atomic E-state index is 12.0. The van der Waals surface area contributed by atoms with Gasteiger partial charge in [0.05, 0.1) is 18.5 Å². The van der Waals surface area contributed by atoms with E-state index in [9.17, 15) is 8.42 Å². The standard InChI is InChI=1S/C15H24N2O3S/c1-13-3-5-14(6-4-13)12-21(18,19)16-8-7-15-11-17(2)9-10-20-15/h3-6,15-16H,7-12H2,1-2H3. The Labute approximate surface area is 127 Å². The summed E-state index contributed by atoms with van der Waals surface area (Å²) in [6.07, 6.45) is 0.822. The maximum Gasteiger partial charge on any atom is 0.215 e. The zero-order valence-electron chi connectivity index (χ0n) is 12.7. The summed E-state index contributed by atoms with van der Waals surface area (Å²) < 4.78 is 32.3. The molecular formula is C15H24N2O3S. The molecule has 1 saturated heterocycles. The number of rotatable bonds is 6. The van der Waals surface area contributed by atoms with Crippen molar-refractivity contribution in [1.82, 2.24) is 9.62 Å². The molecule has 2 rings (SSSR count). The molecule has 1 N–H and O–H groups in total. The van der Waals surface area contributed by atoms with Crippen LogP contribution in [0.1, 0.15) is 17.5 Å². The number of hydrogen-bond donors (Lipinski definition) is 1. The van der Waals surface area contributed by atoms with E-state index < -0.39 is 10.0 Å². The van der Waals surface area contributed by atoms with Crippen molar-refractivity contribution in [2.75, 3.05) is 33.3 Å². The summed E-state index contributed by atoms with van der Waals surface area (Å²) in [6.45, 7) is 4.93. The fourth-order valence-electron chi connectivity index (χ4n) is 2.37. The van der Waals surface area contributed by atoms with Crippen LogP contribution in [0, 0.1) is 6.92 Å². The van der Waals surface area contributed by atoms with Crippen LogP contribution in [0.4, 0.5) is 0 Å². The smallest absolute Gasteiger partial charge is 0.215 e. The highest BCUT2D eigenvalue weighted by Gasteiger charge is 2.18. The molecule has 1 aromatic rings. The van der Waals surface area contributed by atoms with Gasteiger partial charge < -0.3 is 9.64 Å². The van der Waals surface area contributed by atoms with Crippen molar-refractivity contribution < 1.29 is 13.2 Å². The van der Waals surface area contributed by atoms with E-state index in [0.29, 0.717) is 13.0 Å². The van der Waals surface area contributed by atoms with Crippen molar-refractivity contribution in [3.8, 4) is 0 Å². The third kappa shape index (κ3) is 5.74.